The predicted molar refractivity (Wildman–Crippen MR) is 80.1 cm³/mol. The maximum absolute atomic E-state index is 11.0. The molecule has 0 bridgehead atoms. The Bertz CT molecular complexity index is 437. The van der Waals surface area contributed by atoms with Gasteiger partial charge in [0.1, 0.15) is 0 Å². The quantitative estimate of drug-likeness (QED) is 0.556. The third kappa shape index (κ3) is 4.51. The van der Waals surface area contributed by atoms with E-state index in [1.807, 2.05) is 18.9 Å². The van der Waals surface area contributed by atoms with Gasteiger partial charge in [0.25, 0.3) is 0 Å². The van der Waals surface area contributed by atoms with E-state index >= 15 is 0 Å². The van der Waals surface area contributed by atoms with E-state index in [2.05, 4.69) is 6.92 Å². The molecular weight excluding hydrogens is 256 g/mol. The largest absolute Gasteiger partial charge is 0.487 e. The van der Waals surface area contributed by atoms with Gasteiger partial charge in [0.05, 0.1) is 24.0 Å². The number of anilines is 1. The predicted octanol–water partition coefficient (Wildman–Crippen LogP) is 1.41. The molecule has 1 unspecified atom stereocenters. The molecule has 0 spiro atoms. The van der Waals surface area contributed by atoms with Gasteiger partial charge >= 0.3 is 0 Å². The minimum Gasteiger partial charge on any atom is -0.487 e. The van der Waals surface area contributed by atoms with Crippen molar-refractivity contribution >= 4 is 12.0 Å². The van der Waals surface area contributed by atoms with Gasteiger partial charge in [0, 0.05) is 19.0 Å². The van der Waals surface area contributed by atoms with Crippen LogP contribution in [0.3, 0.4) is 0 Å². The number of ether oxygens (including phenoxy) is 1. The highest BCUT2D eigenvalue weighted by atomic mass is 16.5. The van der Waals surface area contributed by atoms with Crippen LogP contribution in [0.5, 0.6) is 5.75 Å². The van der Waals surface area contributed by atoms with Crippen molar-refractivity contribution < 1.29 is 14.6 Å². The van der Waals surface area contributed by atoms with E-state index in [-0.39, 0.29) is 18.6 Å². The summed E-state index contributed by atoms with van der Waals surface area (Å²) in [6.07, 6.45) is 0.667. The molecular formula is C15H24N2O3. The lowest BCUT2D eigenvalue weighted by atomic mass is 10.1. The number of benzene rings is 1. The van der Waals surface area contributed by atoms with E-state index in [0.717, 1.165) is 12.8 Å². The van der Waals surface area contributed by atoms with E-state index in [4.69, 9.17) is 15.6 Å². The van der Waals surface area contributed by atoms with E-state index in [1.54, 1.807) is 18.2 Å². The second-order valence-electron chi connectivity index (χ2n) is 5.17. The number of para-hydroxylation sites is 1. The summed E-state index contributed by atoms with van der Waals surface area (Å²) in [7, 11) is 1.95. The van der Waals surface area contributed by atoms with Gasteiger partial charge < -0.3 is 20.5 Å². The first kappa shape index (κ1) is 16.5. The van der Waals surface area contributed by atoms with Crippen molar-refractivity contribution in [2.24, 2.45) is 5.92 Å². The zero-order valence-corrected chi connectivity index (χ0v) is 12.4. The number of rotatable bonds is 8. The Labute approximate surface area is 120 Å². The van der Waals surface area contributed by atoms with Crippen LogP contribution >= 0.6 is 0 Å². The number of likely N-dealkylation sites (N-methyl/N-ethyl adjacent to an activating group) is 1. The standard InChI is InChI=1S/C15H24N2O3/c1-11(9-17(3)7-8-18)12(2)20-15-13(10-19)5-4-6-14(15)16/h4-6,10-12,18H,7-9,16H2,1-3H3/t11?,12-/m0/s1. The normalized spacial score (nSPS) is 14.1. The zero-order chi connectivity index (χ0) is 15.1. The summed E-state index contributed by atoms with van der Waals surface area (Å²) in [5.41, 5.74) is 6.80. The second kappa shape index (κ2) is 7.87. The molecule has 20 heavy (non-hydrogen) atoms. The van der Waals surface area contributed by atoms with E-state index in [9.17, 15) is 4.79 Å². The van der Waals surface area contributed by atoms with E-state index < -0.39 is 0 Å². The number of carbonyl (C=O) groups is 1. The number of aldehydes is 1. The summed E-state index contributed by atoms with van der Waals surface area (Å²) >= 11 is 0. The Morgan fingerprint density at radius 1 is 1.45 bits per heavy atom. The molecule has 0 radical (unpaired) electrons. The minimum atomic E-state index is -0.0838. The first-order chi connectivity index (χ1) is 9.49. The maximum Gasteiger partial charge on any atom is 0.153 e. The van der Waals surface area contributed by atoms with Crippen molar-refractivity contribution in [3.8, 4) is 5.75 Å². The van der Waals surface area contributed by atoms with Gasteiger partial charge in [0.15, 0.2) is 12.0 Å². The fourth-order valence-electron chi connectivity index (χ4n) is 2.01. The van der Waals surface area contributed by atoms with Crippen LogP contribution in [0.25, 0.3) is 0 Å². The molecule has 1 rings (SSSR count). The monoisotopic (exact) mass is 280 g/mol. The Balaban J connectivity index is 2.70. The molecule has 2 atom stereocenters. The highest BCUT2D eigenvalue weighted by Gasteiger charge is 2.18. The fraction of sp³-hybridized carbons (Fsp3) is 0.533. The molecule has 5 nitrogen and oxygen atoms in total. The number of nitrogens with two attached hydrogens (primary N) is 1. The Kier molecular flexibility index (Phi) is 6.48. The number of hydrogen-bond donors (Lipinski definition) is 2. The molecule has 112 valence electrons. The van der Waals surface area contributed by atoms with Crippen molar-refractivity contribution in [1.29, 1.82) is 0 Å². The highest BCUT2D eigenvalue weighted by molar-refractivity contribution is 5.83. The van der Waals surface area contributed by atoms with Gasteiger partial charge in [-0.1, -0.05) is 13.0 Å². The van der Waals surface area contributed by atoms with Crippen LogP contribution in [-0.4, -0.2) is 49.1 Å². The topological polar surface area (TPSA) is 75.8 Å². The first-order valence-corrected chi connectivity index (χ1v) is 6.79. The lowest BCUT2D eigenvalue weighted by molar-refractivity contribution is 0.109. The van der Waals surface area contributed by atoms with Crippen LogP contribution in [0.15, 0.2) is 18.2 Å². The molecule has 0 aromatic heterocycles. The van der Waals surface area contributed by atoms with Crippen LogP contribution in [0.1, 0.15) is 24.2 Å². The Hall–Kier alpha value is -1.59. The van der Waals surface area contributed by atoms with Gasteiger partial charge in [-0.15, -0.1) is 0 Å². The first-order valence-electron chi connectivity index (χ1n) is 6.79. The summed E-state index contributed by atoms with van der Waals surface area (Å²) < 4.78 is 5.86. The van der Waals surface area contributed by atoms with Crippen molar-refractivity contribution in [2.45, 2.75) is 20.0 Å². The number of aliphatic hydroxyl groups excluding tert-OH is 1. The molecule has 0 fully saturated rings. The number of aliphatic hydroxyl groups is 1. The lowest BCUT2D eigenvalue weighted by Gasteiger charge is -2.26. The summed E-state index contributed by atoms with van der Waals surface area (Å²) in [6, 6.07) is 5.14. The number of nitrogen functional groups attached to an aromatic ring is 1. The summed E-state index contributed by atoms with van der Waals surface area (Å²) in [5.74, 6) is 0.692. The van der Waals surface area contributed by atoms with Gasteiger partial charge in [-0.3, -0.25) is 4.79 Å². The zero-order valence-electron chi connectivity index (χ0n) is 12.4. The van der Waals surface area contributed by atoms with Crippen LogP contribution < -0.4 is 10.5 Å². The summed E-state index contributed by atoms with van der Waals surface area (Å²) in [5, 5.41) is 8.90. The van der Waals surface area contributed by atoms with Crippen LogP contribution in [-0.2, 0) is 0 Å². The van der Waals surface area contributed by atoms with Gasteiger partial charge in [-0.2, -0.15) is 0 Å². The molecule has 0 heterocycles. The third-order valence-corrected chi connectivity index (χ3v) is 3.39. The number of nitrogens with zero attached hydrogens (tertiary/aromatic N) is 1. The van der Waals surface area contributed by atoms with Crippen LogP contribution in [0.2, 0.25) is 0 Å². The highest BCUT2D eigenvalue weighted by Crippen LogP contribution is 2.27. The van der Waals surface area contributed by atoms with E-state index in [1.165, 1.54) is 0 Å². The third-order valence-electron chi connectivity index (χ3n) is 3.39. The van der Waals surface area contributed by atoms with Crippen molar-refractivity contribution in [2.75, 3.05) is 32.5 Å². The van der Waals surface area contributed by atoms with Gasteiger partial charge in [-0.25, -0.2) is 0 Å². The fourth-order valence-corrected chi connectivity index (χ4v) is 2.01. The van der Waals surface area contributed by atoms with Crippen LogP contribution in [0, 0.1) is 5.92 Å². The van der Waals surface area contributed by atoms with E-state index in [0.29, 0.717) is 23.5 Å². The molecule has 0 amide bonds. The van der Waals surface area contributed by atoms with Crippen LogP contribution in [0.4, 0.5) is 5.69 Å². The second-order valence-corrected chi connectivity index (χ2v) is 5.17. The van der Waals surface area contributed by atoms with Gasteiger partial charge in [0.2, 0.25) is 0 Å². The Morgan fingerprint density at radius 2 is 2.15 bits per heavy atom. The maximum atomic E-state index is 11.0. The molecule has 0 aliphatic carbocycles. The molecule has 1 aromatic carbocycles. The molecule has 0 aliphatic heterocycles. The van der Waals surface area contributed by atoms with Crippen molar-refractivity contribution in [1.82, 2.24) is 4.90 Å². The molecule has 5 heteroatoms. The summed E-state index contributed by atoms with van der Waals surface area (Å²) in [4.78, 5) is 13.1. The minimum absolute atomic E-state index is 0.0838. The average Bonchev–Trinajstić information content (AvgIpc) is 2.41. The lowest BCUT2D eigenvalue weighted by Crippen LogP contribution is -2.34. The molecule has 0 saturated carbocycles. The molecule has 0 saturated heterocycles. The SMILES string of the molecule is CC(CN(C)CCO)[C@H](C)Oc1c(N)cccc1C=O. The number of hydrogen-bond acceptors (Lipinski definition) is 5. The smallest absolute Gasteiger partial charge is 0.153 e. The average molecular weight is 280 g/mol. The molecule has 3 N–H and O–H groups in total. The van der Waals surface area contributed by atoms with Crippen molar-refractivity contribution in [3.05, 3.63) is 23.8 Å². The molecule has 0 aliphatic rings. The van der Waals surface area contributed by atoms with Crippen molar-refractivity contribution in [3.63, 3.8) is 0 Å². The Morgan fingerprint density at radius 3 is 2.75 bits per heavy atom. The number of carbonyl (C=O) groups excluding carboxylic acids is 1. The van der Waals surface area contributed by atoms with Gasteiger partial charge in [-0.05, 0) is 26.1 Å². The molecule has 1 aromatic rings. The summed E-state index contributed by atoms with van der Waals surface area (Å²) in [6.45, 7) is 5.59.